The summed E-state index contributed by atoms with van der Waals surface area (Å²) in [6.45, 7) is 5.78. The van der Waals surface area contributed by atoms with Gasteiger partial charge in [-0.2, -0.15) is 0 Å². The number of piperidine rings is 1. The van der Waals surface area contributed by atoms with E-state index in [1.54, 1.807) is 34.9 Å². The summed E-state index contributed by atoms with van der Waals surface area (Å²) in [5, 5.41) is 3.04. The molecular weight excluding hydrogens is 558 g/mol. The quantitative estimate of drug-likeness (QED) is 0.432. The third-order valence-corrected chi connectivity index (χ3v) is 8.64. The van der Waals surface area contributed by atoms with Crippen molar-refractivity contribution in [3.8, 4) is 0 Å². The number of rotatable bonds is 6. The average molecular weight is 596 g/mol. The summed E-state index contributed by atoms with van der Waals surface area (Å²) >= 11 is 0. The van der Waals surface area contributed by atoms with Crippen molar-refractivity contribution in [1.82, 2.24) is 14.4 Å². The Morgan fingerprint density at radius 1 is 0.909 bits per heavy atom. The Morgan fingerprint density at radius 3 is 2.45 bits per heavy atom. The minimum atomic E-state index is -0.365. The van der Waals surface area contributed by atoms with Gasteiger partial charge in [0.2, 0.25) is 5.91 Å². The molecule has 3 aliphatic rings. The van der Waals surface area contributed by atoms with Crippen LogP contribution in [-0.2, 0) is 16.1 Å². The fourth-order valence-electron chi connectivity index (χ4n) is 6.54. The van der Waals surface area contributed by atoms with E-state index >= 15 is 0 Å². The molecule has 2 fully saturated rings. The van der Waals surface area contributed by atoms with Crippen molar-refractivity contribution in [2.24, 2.45) is 5.92 Å². The number of fused-ring (bicyclic) bond motifs is 4. The normalized spacial score (nSPS) is 19.4. The molecule has 6 rings (SSSR count). The molecular formula is C34H37N5O5. The molecule has 2 aromatic carbocycles. The molecule has 2 bridgehead atoms. The Hall–Kier alpha value is -4.86. The first kappa shape index (κ1) is 29.2. The van der Waals surface area contributed by atoms with Crippen LogP contribution in [0.4, 0.5) is 16.2 Å². The van der Waals surface area contributed by atoms with Gasteiger partial charge in [-0.05, 0) is 55.2 Å². The second kappa shape index (κ2) is 12.8. The molecule has 3 aliphatic heterocycles. The molecule has 0 spiro atoms. The molecule has 2 atom stereocenters. The lowest BCUT2D eigenvalue weighted by molar-refractivity contribution is -0.111. The molecule has 228 valence electrons. The number of hydrogen-bond donors (Lipinski definition) is 1. The van der Waals surface area contributed by atoms with Crippen molar-refractivity contribution < 1.29 is 19.1 Å². The van der Waals surface area contributed by atoms with Crippen LogP contribution in [0.5, 0.6) is 0 Å². The number of benzene rings is 2. The monoisotopic (exact) mass is 595 g/mol. The summed E-state index contributed by atoms with van der Waals surface area (Å²) in [7, 11) is 0. The molecule has 0 radical (unpaired) electrons. The fourth-order valence-corrected chi connectivity index (χ4v) is 6.54. The molecule has 10 nitrogen and oxygen atoms in total. The number of carbonyl (C=O) groups is 3. The number of ether oxygens (including phenoxy) is 1. The van der Waals surface area contributed by atoms with Gasteiger partial charge in [-0.1, -0.05) is 36.4 Å². The van der Waals surface area contributed by atoms with Crippen molar-refractivity contribution in [1.29, 1.82) is 0 Å². The largest absolute Gasteiger partial charge is 0.450 e. The van der Waals surface area contributed by atoms with E-state index in [4.69, 9.17) is 4.74 Å². The van der Waals surface area contributed by atoms with E-state index in [2.05, 4.69) is 10.2 Å². The summed E-state index contributed by atoms with van der Waals surface area (Å²) in [5.41, 5.74) is 3.87. The number of amides is 3. The van der Waals surface area contributed by atoms with Crippen LogP contribution >= 0.6 is 0 Å². The first-order chi connectivity index (χ1) is 21.4. The Morgan fingerprint density at radius 2 is 1.68 bits per heavy atom. The topological polar surface area (TPSA) is 104 Å². The lowest BCUT2D eigenvalue weighted by Gasteiger charge is -2.44. The summed E-state index contributed by atoms with van der Waals surface area (Å²) in [4.78, 5) is 57.0. The predicted molar refractivity (Wildman–Crippen MR) is 169 cm³/mol. The molecule has 2 saturated heterocycles. The predicted octanol–water partition coefficient (Wildman–Crippen LogP) is 4.04. The zero-order chi connectivity index (χ0) is 30.6. The first-order valence-electron chi connectivity index (χ1n) is 15.2. The fraction of sp³-hybridized carbons (Fsp3) is 0.353. The maximum atomic E-state index is 13.6. The summed E-state index contributed by atoms with van der Waals surface area (Å²) in [5.74, 6) is 0.0332. The van der Waals surface area contributed by atoms with Crippen LogP contribution in [0.3, 0.4) is 0 Å². The summed E-state index contributed by atoms with van der Waals surface area (Å²) < 4.78 is 7.00. The number of piperazine rings is 1. The third-order valence-electron chi connectivity index (χ3n) is 8.64. The van der Waals surface area contributed by atoms with Crippen LogP contribution in [0.1, 0.15) is 40.9 Å². The van der Waals surface area contributed by atoms with Gasteiger partial charge in [0.05, 0.1) is 18.0 Å². The highest BCUT2D eigenvalue weighted by atomic mass is 16.6. The Bertz CT molecular complexity index is 1630. The number of anilines is 2. The third kappa shape index (κ3) is 6.24. The van der Waals surface area contributed by atoms with E-state index in [1.165, 1.54) is 6.08 Å². The van der Waals surface area contributed by atoms with Gasteiger partial charge < -0.3 is 29.3 Å². The zero-order valence-electron chi connectivity index (χ0n) is 24.9. The molecule has 1 N–H and O–H groups in total. The highest BCUT2D eigenvalue weighted by molar-refractivity contribution is 6.05. The number of hydrogen-bond acceptors (Lipinski definition) is 6. The van der Waals surface area contributed by atoms with Gasteiger partial charge in [0.1, 0.15) is 0 Å². The minimum Gasteiger partial charge on any atom is -0.450 e. The molecule has 10 heteroatoms. The number of nitrogens with one attached hydrogen (secondary N) is 1. The van der Waals surface area contributed by atoms with Gasteiger partial charge in [-0.15, -0.1) is 0 Å². The minimum absolute atomic E-state index is 0.0368. The van der Waals surface area contributed by atoms with E-state index in [1.807, 2.05) is 59.2 Å². The summed E-state index contributed by atoms with van der Waals surface area (Å²) in [6.07, 6.45) is 3.90. The number of nitrogens with zero attached hydrogens (tertiary/aromatic N) is 4. The molecule has 1 aromatic heterocycles. The van der Waals surface area contributed by atoms with E-state index in [-0.39, 0.29) is 29.4 Å². The lowest BCUT2D eigenvalue weighted by Crippen LogP contribution is -2.50. The zero-order valence-corrected chi connectivity index (χ0v) is 24.9. The van der Waals surface area contributed by atoms with Gasteiger partial charge in [0.15, 0.2) is 0 Å². The molecule has 4 heterocycles. The SMILES string of the molecule is CCOC(=O)N1CCN(C(=O)c2ccc(N3CC4CC(C3)c3cccc(=O)n3C4)c(NC(=O)C=Cc3ccccc3)c2)CC1. The maximum Gasteiger partial charge on any atom is 0.409 e. The Kier molecular flexibility index (Phi) is 8.49. The standard InChI is InChI=1S/C34H37N5O5/c1-2-44-34(43)37-17-15-36(16-18-37)33(42)26-12-13-30(28(20-26)35-31(40)14-11-24-7-4-3-5-8-24)38-21-25-19-27(23-38)29-9-6-10-32(41)39(29)22-25/h3-14,20,25,27H,2,15-19,21-23H2,1H3,(H,35,40). The number of carbonyl (C=O) groups excluding carboxylic acids is 3. The van der Waals surface area contributed by atoms with E-state index in [9.17, 15) is 19.2 Å². The molecule has 2 unspecified atom stereocenters. The van der Waals surface area contributed by atoms with Crippen molar-refractivity contribution in [3.63, 3.8) is 0 Å². The molecule has 0 aliphatic carbocycles. The lowest BCUT2D eigenvalue weighted by atomic mass is 9.83. The van der Waals surface area contributed by atoms with E-state index in [0.717, 1.165) is 29.9 Å². The van der Waals surface area contributed by atoms with Crippen molar-refractivity contribution >= 4 is 35.4 Å². The molecule has 3 aromatic rings. The van der Waals surface area contributed by atoms with Crippen molar-refractivity contribution in [2.45, 2.75) is 25.8 Å². The smallest absolute Gasteiger partial charge is 0.409 e. The van der Waals surface area contributed by atoms with Crippen molar-refractivity contribution in [2.75, 3.05) is 56.1 Å². The van der Waals surface area contributed by atoms with Crippen LogP contribution in [0.25, 0.3) is 6.08 Å². The second-order valence-corrected chi connectivity index (χ2v) is 11.5. The second-order valence-electron chi connectivity index (χ2n) is 11.5. The van der Waals surface area contributed by atoms with Crippen LogP contribution in [0.2, 0.25) is 0 Å². The van der Waals surface area contributed by atoms with E-state index in [0.29, 0.717) is 63.0 Å². The van der Waals surface area contributed by atoms with Crippen LogP contribution in [0, 0.1) is 5.92 Å². The van der Waals surface area contributed by atoms with Gasteiger partial charge in [0.25, 0.3) is 11.5 Å². The van der Waals surface area contributed by atoms with Crippen LogP contribution in [-0.4, -0.2) is 78.1 Å². The number of aromatic nitrogens is 1. The first-order valence-corrected chi connectivity index (χ1v) is 15.2. The van der Waals surface area contributed by atoms with Gasteiger partial charge in [-0.25, -0.2) is 4.79 Å². The molecule has 0 saturated carbocycles. The molecule has 44 heavy (non-hydrogen) atoms. The van der Waals surface area contributed by atoms with Crippen LogP contribution < -0.4 is 15.8 Å². The van der Waals surface area contributed by atoms with Crippen molar-refractivity contribution in [3.05, 3.63) is 100.0 Å². The van der Waals surface area contributed by atoms with Crippen LogP contribution in [0.15, 0.2) is 77.6 Å². The Balaban J connectivity index is 1.25. The highest BCUT2D eigenvalue weighted by Gasteiger charge is 2.35. The Labute approximate surface area is 256 Å². The maximum absolute atomic E-state index is 13.6. The van der Waals surface area contributed by atoms with E-state index < -0.39 is 0 Å². The number of pyridine rings is 1. The molecule has 3 amide bonds. The summed E-state index contributed by atoms with van der Waals surface area (Å²) in [6, 6.07) is 20.6. The van der Waals surface area contributed by atoms with Gasteiger partial charge >= 0.3 is 6.09 Å². The van der Waals surface area contributed by atoms with Gasteiger partial charge in [-0.3, -0.25) is 14.4 Å². The average Bonchev–Trinajstić information content (AvgIpc) is 3.04. The van der Waals surface area contributed by atoms with Gasteiger partial charge in [0, 0.05) is 75.1 Å². The highest BCUT2D eigenvalue weighted by Crippen LogP contribution is 2.39.